The van der Waals surface area contributed by atoms with E-state index in [4.69, 9.17) is 0 Å². The van der Waals surface area contributed by atoms with E-state index in [2.05, 4.69) is 44.4 Å². The number of nitrogens with one attached hydrogen (secondary N) is 2. The molecule has 1 fully saturated rings. The lowest BCUT2D eigenvalue weighted by molar-refractivity contribution is 0.102. The van der Waals surface area contributed by atoms with E-state index >= 15 is 0 Å². The Kier molecular flexibility index (Phi) is 4.97. The number of benzene rings is 1. The molecule has 0 radical (unpaired) electrons. The zero-order valence-corrected chi connectivity index (χ0v) is 18.1. The van der Waals surface area contributed by atoms with E-state index in [9.17, 15) is 9.18 Å². The zero-order valence-electron chi connectivity index (χ0n) is 18.1. The van der Waals surface area contributed by atoms with Gasteiger partial charge in [0.05, 0.1) is 11.1 Å². The number of halogens is 1. The number of hydrogen-bond acceptors (Lipinski definition) is 6. The maximum Gasteiger partial charge on any atom is 0.259 e. The Morgan fingerprint density at radius 2 is 1.97 bits per heavy atom. The van der Waals surface area contributed by atoms with Crippen LogP contribution in [0.5, 0.6) is 0 Å². The van der Waals surface area contributed by atoms with Crippen LogP contribution in [0.1, 0.15) is 24.2 Å². The molecular weight excluding hydrogens is 409 g/mol. The van der Waals surface area contributed by atoms with Gasteiger partial charge >= 0.3 is 0 Å². The Morgan fingerprint density at radius 1 is 1.19 bits per heavy atom. The van der Waals surface area contributed by atoms with Gasteiger partial charge in [-0.3, -0.25) is 14.5 Å². The van der Waals surface area contributed by atoms with Gasteiger partial charge < -0.3 is 15.5 Å². The Morgan fingerprint density at radius 3 is 2.75 bits per heavy atom. The first-order valence-electron chi connectivity index (χ1n) is 10.6. The average Bonchev–Trinajstić information content (AvgIpc) is 3.13. The third kappa shape index (κ3) is 3.64. The summed E-state index contributed by atoms with van der Waals surface area (Å²) in [6.07, 6.45) is 4.92. The normalized spacial score (nSPS) is 18.9. The van der Waals surface area contributed by atoms with E-state index in [-0.39, 0.29) is 5.52 Å². The van der Waals surface area contributed by atoms with Gasteiger partial charge in [0.25, 0.3) is 5.91 Å². The zero-order chi connectivity index (χ0) is 22.4. The van der Waals surface area contributed by atoms with Crippen molar-refractivity contribution in [1.82, 2.24) is 25.1 Å². The summed E-state index contributed by atoms with van der Waals surface area (Å²) in [4.78, 5) is 24.5. The molecule has 9 heteroatoms. The van der Waals surface area contributed by atoms with Crippen molar-refractivity contribution in [3.8, 4) is 0 Å². The predicted molar refractivity (Wildman–Crippen MR) is 122 cm³/mol. The van der Waals surface area contributed by atoms with Crippen molar-refractivity contribution in [2.45, 2.75) is 25.9 Å². The fraction of sp³-hybridized carbons (Fsp3) is 0.304. The molecule has 0 unspecified atom stereocenters. The van der Waals surface area contributed by atoms with Gasteiger partial charge in [0, 0.05) is 67.3 Å². The number of carbonyl (C=O) groups excluding carboxylic acids is 1. The van der Waals surface area contributed by atoms with E-state index in [1.54, 1.807) is 31.7 Å². The summed E-state index contributed by atoms with van der Waals surface area (Å²) in [7, 11) is 1.72. The molecule has 1 aromatic carbocycles. The highest BCUT2D eigenvalue weighted by atomic mass is 19.1. The van der Waals surface area contributed by atoms with Crippen LogP contribution in [0.25, 0.3) is 21.8 Å². The molecule has 1 saturated heterocycles. The van der Waals surface area contributed by atoms with Crippen LogP contribution in [-0.2, 0) is 7.05 Å². The van der Waals surface area contributed by atoms with Crippen LogP contribution in [0.2, 0.25) is 0 Å². The minimum Gasteiger partial charge on any atom is -0.353 e. The number of aryl methyl sites for hydroxylation is 1. The molecule has 0 spiro atoms. The molecule has 4 aromatic rings. The number of piperazine rings is 1. The molecule has 164 valence electrons. The first-order valence-corrected chi connectivity index (χ1v) is 10.6. The highest BCUT2D eigenvalue weighted by Gasteiger charge is 2.25. The molecule has 3 aromatic heterocycles. The fourth-order valence-electron chi connectivity index (χ4n) is 4.46. The molecular formula is C23H24FN7O. The van der Waals surface area contributed by atoms with Crippen LogP contribution >= 0.6 is 0 Å². The molecule has 0 bridgehead atoms. The van der Waals surface area contributed by atoms with Crippen molar-refractivity contribution in [2.75, 3.05) is 23.3 Å². The highest BCUT2D eigenvalue weighted by molar-refractivity contribution is 6.13. The van der Waals surface area contributed by atoms with Crippen LogP contribution in [-0.4, -0.2) is 50.8 Å². The number of nitrogens with zero attached hydrogens (tertiary/aromatic N) is 5. The van der Waals surface area contributed by atoms with Gasteiger partial charge in [0.1, 0.15) is 11.3 Å². The molecule has 5 rings (SSSR count). The second-order valence-electron chi connectivity index (χ2n) is 8.42. The lowest BCUT2D eigenvalue weighted by Gasteiger charge is -2.37. The van der Waals surface area contributed by atoms with E-state index in [0.29, 0.717) is 34.2 Å². The van der Waals surface area contributed by atoms with Crippen LogP contribution < -0.4 is 15.5 Å². The van der Waals surface area contributed by atoms with Gasteiger partial charge in [-0.2, -0.15) is 5.10 Å². The third-order valence-electron chi connectivity index (χ3n) is 5.66. The molecule has 1 amide bonds. The lowest BCUT2D eigenvalue weighted by Crippen LogP contribution is -2.54. The fourth-order valence-corrected chi connectivity index (χ4v) is 4.46. The Balaban J connectivity index is 1.50. The number of hydrogen-bond donors (Lipinski definition) is 2. The minimum absolute atomic E-state index is 0.267. The first kappa shape index (κ1) is 20.3. The maximum atomic E-state index is 14.4. The van der Waals surface area contributed by atoms with Crippen molar-refractivity contribution < 1.29 is 9.18 Å². The molecule has 0 aliphatic carbocycles. The molecule has 8 nitrogen and oxygen atoms in total. The number of fused-ring (bicyclic) bond motifs is 2. The summed E-state index contributed by atoms with van der Waals surface area (Å²) in [6, 6.07) is 7.40. The molecule has 1 aliphatic heterocycles. The quantitative estimate of drug-likeness (QED) is 0.516. The van der Waals surface area contributed by atoms with E-state index in [1.165, 1.54) is 10.7 Å². The molecule has 4 heterocycles. The number of anilines is 2. The van der Waals surface area contributed by atoms with Crippen molar-refractivity contribution >= 4 is 39.2 Å². The van der Waals surface area contributed by atoms with Crippen LogP contribution in [0, 0.1) is 5.82 Å². The SMILES string of the molecule is C[C@H]1CN(c2ncc(C(=O)Nc3cc(F)c4nn(C)cc4c3)c3ncccc23)C[C@H](C)N1. The largest absolute Gasteiger partial charge is 0.353 e. The third-order valence-corrected chi connectivity index (χ3v) is 5.66. The standard InChI is InChI=1S/C23H24FN7O/c1-13-10-31(11-14(2)27-13)22-17-5-4-6-25-21(17)18(9-26-22)23(32)28-16-7-15-12-30(3)29-20(15)19(24)8-16/h4-9,12-14,27H,10-11H2,1-3H3,(H,28,32)/t13-,14-/m0/s1. The summed E-state index contributed by atoms with van der Waals surface area (Å²) in [5.74, 6) is -0.0677. The van der Waals surface area contributed by atoms with Gasteiger partial charge in [0.15, 0.2) is 5.82 Å². The first-order chi connectivity index (χ1) is 15.4. The van der Waals surface area contributed by atoms with Gasteiger partial charge in [-0.1, -0.05) is 0 Å². The molecule has 2 N–H and O–H groups in total. The summed E-state index contributed by atoms with van der Waals surface area (Å²) < 4.78 is 16.0. The lowest BCUT2D eigenvalue weighted by atomic mass is 10.1. The predicted octanol–water partition coefficient (Wildman–Crippen LogP) is 3.09. The second kappa shape index (κ2) is 7.83. The molecule has 32 heavy (non-hydrogen) atoms. The van der Waals surface area contributed by atoms with Gasteiger partial charge in [-0.15, -0.1) is 0 Å². The van der Waals surface area contributed by atoms with Crippen molar-refractivity contribution in [2.24, 2.45) is 7.05 Å². The number of rotatable bonds is 3. The summed E-state index contributed by atoms with van der Waals surface area (Å²) >= 11 is 0. The minimum atomic E-state index is -0.489. The summed E-state index contributed by atoms with van der Waals surface area (Å²) in [5, 5.41) is 11.8. The monoisotopic (exact) mass is 433 g/mol. The topological polar surface area (TPSA) is 88.0 Å². The van der Waals surface area contributed by atoms with Crippen molar-refractivity contribution in [1.29, 1.82) is 0 Å². The summed E-state index contributed by atoms with van der Waals surface area (Å²) in [5.41, 5.74) is 1.53. The van der Waals surface area contributed by atoms with Crippen molar-refractivity contribution in [3.63, 3.8) is 0 Å². The van der Waals surface area contributed by atoms with E-state index in [0.717, 1.165) is 24.3 Å². The molecule has 1 aliphatic rings. The summed E-state index contributed by atoms with van der Waals surface area (Å²) in [6.45, 7) is 5.92. The van der Waals surface area contributed by atoms with Gasteiger partial charge in [0.2, 0.25) is 0 Å². The Bertz CT molecular complexity index is 1320. The van der Waals surface area contributed by atoms with E-state index < -0.39 is 11.7 Å². The molecule has 0 saturated carbocycles. The Labute approximate surface area is 184 Å². The number of carbonyl (C=O) groups is 1. The number of amides is 1. The number of aromatic nitrogens is 4. The van der Waals surface area contributed by atoms with Crippen molar-refractivity contribution in [3.05, 3.63) is 54.2 Å². The Hall–Kier alpha value is -3.59. The average molecular weight is 433 g/mol. The van der Waals surface area contributed by atoms with E-state index in [1.807, 2.05) is 12.1 Å². The van der Waals surface area contributed by atoms with Crippen LogP contribution in [0.15, 0.2) is 42.9 Å². The van der Waals surface area contributed by atoms with Gasteiger partial charge in [-0.05, 0) is 38.1 Å². The smallest absolute Gasteiger partial charge is 0.259 e. The highest BCUT2D eigenvalue weighted by Crippen LogP contribution is 2.28. The number of pyridine rings is 2. The van der Waals surface area contributed by atoms with Gasteiger partial charge in [-0.25, -0.2) is 9.37 Å². The van der Waals surface area contributed by atoms with Crippen LogP contribution in [0.3, 0.4) is 0 Å². The van der Waals surface area contributed by atoms with Crippen LogP contribution in [0.4, 0.5) is 15.9 Å². The second-order valence-corrected chi connectivity index (χ2v) is 8.42. The maximum absolute atomic E-state index is 14.4. The molecule has 2 atom stereocenters.